The van der Waals surface area contributed by atoms with Crippen molar-refractivity contribution >= 4 is 46.2 Å². The van der Waals surface area contributed by atoms with Crippen LogP contribution in [0.3, 0.4) is 0 Å². The maximum absolute atomic E-state index is 16.6. The normalized spacial score (nSPS) is 18.0. The van der Waals surface area contributed by atoms with Crippen LogP contribution < -0.4 is 20.3 Å². The van der Waals surface area contributed by atoms with E-state index in [-0.39, 0.29) is 47.6 Å². The van der Waals surface area contributed by atoms with Gasteiger partial charge in [-0.15, -0.1) is 0 Å². The van der Waals surface area contributed by atoms with Crippen molar-refractivity contribution in [2.24, 2.45) is 0 Å². The zero-order chi connectivity index (χ0) is 35.0. The summed E-state index contributed by atoms with van der Waals surface area (Å²) in [7, 11) is 0. The van der Waals surface area contributed by atoms with Gasteiger partial charge in [0.1, 0.15) is 35.4 Å². The maximum atomic E-state index is 16.6. The molecule has 1 saturated carbocycles. The molecule has 3 heterocycles. The van der Waals surface area contributed by atoms with Crippen molar-refractivity contribution in [1.82, 2.24) is 9.97 Å². The van der Waals surface area contributed by atoms with Gasteiger partial charge in [-0.3, -0.25) is 15.5 Å². The van der Waals surface area contributed by atoms with Gasteiger partial charge in [0, 0.05) is 28.9 Å². The first kappa shape index (κ1) is 34.6. The van der Waals surface area contributed by atoms with Crippen LogP contribution in [0, 0.1) is 12.7 Å². The van der Waals surface area contributed by atoms with Gasteiger partial charge in [0.25, 0.3) is 0 Å². The molecule has 3 aromatic rings. The third-order valence-electron chi connectivity index (χ3n) is 7.73. The summed E-state index contributed by atoms with van der Waals surface area (Å²) in [6, 6.07) is 3.07. The fourth-order valence-corrected chi connectivity index (χ4v) is 5.62. The lowest BCUT2D eigenvalue weighted by Gasteiger charge is -2.32. The Morgan fingerprint density at radius 2 is 1.62 bits per heavy atom. The molecule has 1 aliphatic heterocycles. The molecule has 3 amide bonds. The first-order chi connectivity index (χ1) is 22.5. The summed E-state index contributed by atoms with van der Waals surface area (Å²) in [5.41, 5.74) is -0.612. The zero-order valence-corrected chi connectivity index (χ0v) is 28.2. The van der Waals surface area contributed by atoms with Crippen LogP contribution in [-0.4, -0.2) is 69.9 Å². The number of aromatic nitrogens is 2. The number of carbonyl (C=O) groups is 3. The number of aliphatic hydroxyl groups is 1. The molecule has 13 nitrogen and oxygen atoms in total. The van der Waals surface area contributed by atoms with Gasteiger partial charge < -0.3 is 24.1 Å². The second-order valence-corrected chi connectivity index (χ2v) is 13.9. The van der Waals surface area contributed by atoms with Gasteiger partial charge in [0.15, 0.2) is 5.82 Å². The Labute approximate surface area is 278 Å². The number of ether oxygens (including phenoxy) is 4. The Morgan fingerprint density at radius 1 is 0.938 bits per heavy atom. The van der Waals surface area contributed by atoms with E-state index in [1.54, 1.807) is 54.5 Å². The molecule has 0 radical (unpaired) electrons. The molecule has 3 N–H and O–H groups in total. The number of nitrogens with one attached hydrogen (secondary N) is 2. The highest BCUT2D eigenvalue weighted by atomic mass is 19.1. The first-order valence-corrected chi connectivity index (χ1v) is 15.9. The number of pyridine rings is 2. The number of nitrogens with zero attached hydrogens (tertiary/aromatic N) is 3. The van der Waals surface area contributed by atoms with Crippen molar-refractivity contribution in [3.05, 3.63) is 35.9 Å². The van der Waals surface area contributed by atoms with Crippen molar-refractivity contribution in [2.45, 2.75) is 97.6 Å². The number of amides is 3. The number of hydrogen-bond acceptors (Lipinski definition) is 10. The highest BCUT2D eigenvalue weighted by Crippen LogP contribution is 2.42. The fraction of sp³-hybridized carbons (Fsp3) is 0.500. The van der Waals surface area contributed by atoms with E-state index in [1.807, 2.05) is 0 Å². The van der Waals surface area contributed by atoms with Crippen LogP contribution in [0.1, 0.15) is 72.8 Å². The lowest BCUT2D eigenvalue weighted by atomic mass is 9.95. The molecule has 1 fully saturated rings. The molecule has 14 heteroatoms. The van der Waals surface area contributed by atoms with Crippen molar-refractivity contribution in [1.29, 1.82) is 0 Å². The summed E-state index contributed by atoms with van der Waals surface area (Å²) < 4.78 is 38.9. The van der Waals surface area contributed by atoms with Gasteiger partial charge in [0.2, 0.25) is 5.88 Å². The fourth-order valence-electron chi connectivity index (χ4n) is 5.62. The molecule has 5 rings (SSSR count). The van der Waals surface area contributed by atoms with E-state index in [9.17, 15) is 19.5 Å². The number of fused-ring (bicyclic) bond motifs is 2. The molecule has 1 aromatic carbocycles. The average molecular weight is 668 g/mol. The summed E-state index contributed by atoms with van der Waals surface area (Å²) in [5.74, 6) is -0.461. The standard InChI is InChI=1S/C34H42FN5O8/c1-18-23(16-37-29-28(18)40(12-13-45-29)32(44)48-34(5,6)7)22-14-19-15-25(38-30(42)46-21-10-8-20(41)9-11-21)36-17-24(19)27(26(22)35)39-31(43)47-33(2,3)4/h14-17,20-21,41H,8-13H2,1-7H3,(H,39,43)(H,36,38,42). The number of rotatable bonds is 4. The summed E-state index contributed by atoms with van der Waals surface area (Å²) in [6.45, 7) is 12.4. The average Bonchev–Trinajstić information content (AvgIpc) is 2.98. The monoisotopic (exact) mass is 667 g/mol. The van der Waals surface area contributed by atoms with Crippen LogP contribution in [0.25, 0.3) is 21.9 Å². The quantitative estimate of drug-likeness (QED) is 0.245. The summed E-state index contributed by atoms with van der Waals surface area (Å²) in [4.78, 5) is 48.9. The highest BCUT2D eigenvalue weighted by Gasteiger charge is 2.33. The van der Waals surface area contributed by atoms with Crippen LogP contribution in [0.2, 0.25) is 0 Å². The Kier molecular flexibility index (Phi) is 9.67. The van der Waals surface area contributed by atoms with Crippen LogP contribution in [0.4, 0.5) is 36.0 Å². The Balaban J connectivity index is 1.56. The Bertz CT molecular complexity index is 1730. The Morgan fingerprint density at radius 3 is 2.29 bits per heavy atom. The number of carbonyl (C=O) groups excluding carboxylic acids is 3. The number of anilines is 3. The number of aliphatic hydroxyl groups excluding tert-OH is 1. The van der Waals surface area contributed by atoms with Gasteiger partial charge in [-0.25, -0.2) is 28.7 Å². The predicted molar refractivity (Wildman–Crippen MR) is 177 cm³/mol. The van der Waals surface area contributed by atoms with Crippen molar-refractivity contribution in [3.63, 3.8) is 0 Å². The lowest BCUT2D eigenvalue weighted by molar-refractivity contribution is 0.0401. The smallest absolute Gasteiger partial charge is 0.415 e. The highest BCUT2D eigenvalue weighted by molar-refractivity contribution is 6.05. The number of hydrogen-bond donors (Lipinski definition) is 3. The minimum Gasteiger partial charge on any atom is -0.474 e. The van der Waals surface area contributed by atoms with E-state index in [0.29, 0.717) is 47.9 Å². The van der Waals surface area contributed by atoms with E-state index in [2.05, 4.69) is 20.6 Å². The second kappa shape index (κ2) is 13.4. The van der Waals surface area contributed by atoms with Crippen LogP contribution in [0.15, 0.2) is 24.5 Å². The predicted octanol–water partition coefficient (Wildman–Crippen LogP) is 7.08. The molecule has 0 saturated heterocycles. The van der Waals surface area contributed by atoms with Crippen LogP contribution in [0.5, 0.6) is 5.88 Å². The van der Waals surface area contributed by atoms with Crippen LogP contribution in [-0.2, 0) is 14.2 Å². The van der Waals surface area contributed by atoms with E-state index in [0.717, 1.165) is 0 Å². The lowest BCUT2D eigenvalue weighted by Crippen LogP contribution is -2.42. The van der Waals surface area contributed by atoms with E-state index in [1.165, 1.54) is 23.4 Å². The van der Waals surface area contributed by atoms with Crippen LogP contribution >= 0.6 is 0 Å². The first-order valence-electron chi connectivity index (χ1n) is 15.9. The topological polar surface area (TPSA) is 161 Å². The molecule has 48 heavy (non-hydrogen) atoms. The largest absolute Gasteiger partial charge is 0.474 e. The van der Waals surface area contributed by atoms with E-state index in [4.69, 9.17) is 18.9 Å². The third kappa shape index (κ3) is 8.04. The molecule has 2 aliphatic rings. The molecule has 1 aliphatic carbocycles. The van der Waals surface area contributed by atoms with Gasteiger partial charge in [0.05, 0.1) is 18.3 Å². The van der Waals surface area contributed by atoms with E-state index >= 15 is 4.39 Å². The third-order valence-corrected chi connectivity index (χ3v) is 7.73. The van der Waals surface area contributed by atoms with Gasteiger partial charge >= 0.3 is 18.3 Å². The van der Waals surface area contributed by atoms with Gasteiger partial charge in [-0.1, -0.05) is 0 Å². The molecule has 258 valence electrons. The second-order valence-electron chi connectivity index (χ2n) is 13.9. The molecular weight excluding hydrogens is 625 g/mol. The number of benzene rings is 1. The van der Waals surface area contributed by atoms with Crippen molar-refractivity contribution in [2.75, 3.05) is 28.7 Å². The molecule has 0 bridgehead atoms. The molecule has 0 spiro atoms. The zero-order valence-electron chi connectivity index (χ0n) is 28.2. The molecule has 2 aromatic heterocycles. The summed E-state index contributed by atoms with van der Waals surface area (Å²) in [5, 5.41) is 15.6. The summed E-state index contributed by atoms with van der Waals surface area (Å²) in [6.07, 6.45) is 2.04. The minimum atomic E-state index is -0.881. The van der Waals surface area contributed by atoms with Crippen molar-refractivity contribution < 1.29 is 42.8 Å². The molecule has 0 atom stereocenters. The summed E-state index contributed by atoms with van der Waals surface area (Å²) >= 11 is 0. The molecule has 0 unspecified atom stereocenters. The maximum Gasteiger partial charge on any atom is 0.415 e. The number of halogens is 1. The van der Waals surface area contributed by atoms with E-state index < -0.39 is 41.4 Å². The minimum absolute atomic E-state index is 0.0524. The molecular formula is C34H42FN5O8. The Hall–Kier alpha value is -4.72. The van der Waals surface area contributed by atoms with Gasteiger partial charge in [-0.05, 0) is 97.2 Å². The SMILES string of the molecule is Cc1c(-c2cc3cc(NC(=O)OC4CCC(O)CC4)ncc3c(NC(=O)OC(C)(C)C)c2F)cnc2c1N(C(=O)OC(C)(C)C)CCO2. The van der Waals surface area contributed by atoms with Crippen molar-refractivity contribution in [3.8, 4) is 17.0 Å². The van der Waals surface area contributed by atoms with Gasteiger partial charge in [-0.2, -0.15) is 0 Å².